The molecule has 2 aromatic rings. The van der Waals surface area contributed by atoms with Gasteiger partial charge in [-0.25, -0.2) is 4.68 Å². The van der Waals surface area contributed by atoms with E-state index in [0.717, 1.165) is 70.3 Å². The highest BCUT2D eigenvalue weighted by Gasteiger charge is 2.32. The molecular formula is C22H32IN5O2. The summed E-state index contributed by atoms with van der Waals surface area (Å²) in [6.45, 7) is 6.96. The molecule has 4 rings (SSSR count). The Morgan fingerprint density at radius 2 is 2.03 bits per heavy atom. The van der Waals surface area contributed by atoms with E-state index < -0.39 is 0 Å². The van der Waals surface area contributed by atoms with Crippen molar-refractivity contribution in [1.29, 1.82) is 0 Å². The molecule has 30 heavy (non-hydrogen) atoms. The van der Waals surface area contributed by atoms with Crippen molar-refractivity contribution >= 4 is 29.9 Å². The van der Waals surface area contributed by atoms with Crippen molar-refractivity contribution in [2.45, 2.75) is 38.4 Å². The van der Waals surface area contributed by atoms with Gasteiger partial charge >= 0.3 is 0 Å². The Morgan fingerprint density at radius 3 is 2.80 bits per heavy atom. The lowest BCUT2D eigenvalue weighted by molar-refractivity contribution is -0.0817. The van der Waals surface area contributed by atoms with Gasteiger partial charge in [-0.2, -0.15) is 5.10 Å². The van der Waals surface area contributed by atoms with Gasteiger partial charge in [0.15, 0.2) is 5.96 Å². The van der Waals surface area contributed by atoms with Gasteiger partial charge in [0.25, 0.3) is 0 Å². The number of hydrogen-bond donors (Lipinski definition) is 1. The highest BCUT2D eigenvalue weighted by atomic mass is 127. The standard InChI is InChI=1S/C22H31N5O2.HI/c1-2-23-22(26-12-14-29-21(17-26)20-9-6-13-28-20)24-11-10-18-15-25-27(16-18)19-7-4-3-5-8-19;/h3-5,7-8,15-16,20-21H,2,6,9-14,17H2,1H3,(H,23,24);1H. The molecule has 2 fully saturated rings. The molecule has 2 unspecified atom stereocenters. The fourth-order valence-corrected chi connectivity index (χ4v) is 3.92. The van der Waals surface area contributed by atoms with Gasteiger partial charge in [0.1, 0.15) is 6.10 Å². The Balaban J connectivity index is 0.00000256. The molecule has 0 radical (unpaired) electrons. The number of nitrogens with one attached hydrogen (secondary N) is 1. The van der Waals surface area contributed by atoms with E-state index in [0.29, 0.717) is 0 Å². The number of halogens is 1. The topological polar surface area (TPSA) is 63.9 Å². The van der Waals surface area contributed by atoms with E-state index in [1.165, 1.54) is 5.56 Å². The van der Waals surface area contributed by atoms with E-state index in [1.807, 2.05) is 29.1 Å². The number of para-hydroxylation sites is 1. The maximum absolute atomic E-state index is 5.98. The zero-order chi connectivity index (χ0) is 19.9. The molecule has 0 amide bonds. The van der Waals surface area contributed by atoms with Crippen LogP contribution >= 0.6 is 24.0 Å². The number of hydrogen-bond acceptors (Lipinski definition) is 4. The monoisotopic (exact) mass is 525 g/mol. The number of morpholine rings is 1. The molecule has 2 aliphatic rings. The van der Waals surface area contributed by atoms with E-state index in [4.69, 9.17) is 14.5 Å². The van der Waals surface area contributed by atoms with Crippen LogP contribution in [-0.2, 0) is 15.9 Å². The highest BCUT2D eigenvalue weighted by molar-refractivity contribution is 14.0. The third-order valence-electron chi connectivity index (χ3n) is 5.43. The molecule has 3 heterocycles. The predicted molar refractivity (Wildman–Crippen MR) is 129 cm³/mol. The molecule has 1 N–H and O–H groups in total. The lowest BCUT2D eigenvalue weighted by atomic mass is 10.1. The van der Waals surface area contributed by atoms with Gasteiger partial charge in [-0.15, -0.1) is 24.0 Å². The van der Waals surface area contributed by atoms with Crippen molar-refractivity contribution in [3.63, 3.8) is 0 Å². The summed E-state index contributed by atoms with van der Waals surface area (Å²) in [7, 11) is 0. The molecule has 1 aromatic carbocycles. The minimum atomic E-state index is 0. The lowest BCUT2D eigenvalue weighted by Crippen LogP contribution is -2.53. The Morgan fingerprint density at radius 1 is 1.20 bits per heavy atom. The molecule has 0 saturated carbocycles. The minimum absolute atomic E-state index is 0. The van der Waals surface area contributed by atoms with Gasteiger partial charge in [-0.3, -0.25) is 4.99 Å². The van der Waals surface area contributed by atoms with Crippen molar-refractivity contribution in [2.24, 2.45) is 4.99 Å². The van der Waals surface area contributed by atoms with E-state index in [-0.39, 0.29) is 36.2 Å². The van der Waals surface area contributed by atoms with E-state index in [2.05, 4.69) is 40.6 Å². The predicted octanol–water partition coefficient (Wildman–Crippen LogP) is 2.88. The summed E-state index contributed by atoms with van der Waals surface area (Å²) in [6.07, 6.45) is 7.47. The van der Waals surface area contributed by atoms with Crippen LogP contribution in [-0.4, -0.2) is 72.2 Å². The smallest absolute Gasteiger partial charge is 0.194 e. The molecule has 0 spiro atoms. The molecule has 0 bridgehead atoms. The van der Waals surface area contributed by atoms with Crippen LogP contribution in [0.2, 0.25) is 0 Å². The number of aliphatic imine (C=N–C) groups is 1. The normalized spacial score (nSPS) is 22.0. The first-order chi connectivity index (χ1) is 14.3. The zero-order valence-corrected chi connectivity index (χ0v) is 19.9. The molecule has 2 atom stereocenters. The summed E-state index contributed by atoms with van der Waals surface area (Å²) in [6, 6.07) is 10.2. The van der Waals surface area contributed by atoms with E-state index in [9.17, 15) is 0 Å². The first kappa shape index (κ1) is 23.0. The summed E-state index contributed by atoms with van der Waals surface area (Å²) in [5.74, 6) is 0.967. The molecule has 2 aliphatic heterocycles. The molecule has 164 valence electrons. The number of aromatic nitrogens is 2. The molecule has 7 nitrogen and oxygen atoms in total. The van der Waals surface area contributed by atoms with Crippen molar-refractivity contribution < 1.29 is 9.47 Å². The number of ether oxygens (including phenoxy) is 2. The fourth-order valence-electron chi connectivity index (χ4n) is 3.92. The largest absolute Gasteiger partial charge is 0.375 e. The number of rotatable bonds is 6. The Labute approximate surface area is 195 Å². The summed E-state index contributed by atoms with van der Waals surface area (Å²) in [5.41, 5.74) is 2.26. The van der Waals surface area contributed by atoms with E-state index >= 15 is 0 Å². The Kier molecular flexibility index (Phi) is 8.95. The van der Waals surface area contributed by atoms with Crippen LogP contribution in [0.15, 0.2) is 47.7 Å². The molecule has 1 aromatic heterocycles. The van der Waals surface area contributed by atoms with Crippen molar-refractivity contribution in [2.75, 3.05) is 39.4 Å². The molecule has 2 saturated heterocycles. The van der Waals surface area contributed by atoms with E-state index in [1.54, 1.807) is 0 Å². The lowest BCUT2D eigenvalue weighted by Gasteiger charge is -2.37. The molecule has 8 heteroatoms. The second kappa shape index (κ2) is 11.7. The van der Waals surface area contributed by atoms with Crippen LogP contribution in [0.25, 0.3) is 5.69 Å². The molecular weight excluding hydrogens is 493 g/mol. The summed E-state index contributed by atoms with van der Waals surface area (Å²) in [4.78, 5) is 7.19. The summed E-state index contributed by atoms with van der Waals surface area (Å²) in [5, 5.41) is 7.92. The third kappa shape index (κ3) is 5.95. The van der Waals surface area contributed by atoms with Crippen LogP contribution in [0.1, 0.15) is 25.3 Å². The SMILES string of the molecule is CCNC(=NCCc1cnn(-c2ccccc2)c1)N1CCOC(C2CCCO2)C1.I. The van der Waals surface area contributed by atoms with Crippen molar-refractivity contribution in [1.82, 2.24) is 20.0 Å². The van der Waals surface area contributed by atoms with Crippen LogP contribution in [0.5, 0.6) is 0 Å². The van der Waals surface area contributed by atoms with Crippen LogP contribution < -0.4 is 5.32 Å². The maximum atomic E-state index is 5.98. The van der Waals surface area contributed by atoms with Crippen LogP contribution in [0, 0.1) is 0 Å². The fraction of sp³-hybridized carbons (Fsp3) is 0.545. The highest BCUT2D eigenvalue weighted by Crippen LogP contribution is 2.21. The number of guanidine groups is 1. The molecule has 0 aliphatic carbocycles. The number of nitrogens with zero attached hydrogens (tertiary/aromatic N) is 4. The van der Waals surface area contributed by atoms with Gasteiger partial charge in [0.05, 0.1) is 24.6 Å². The van der Waals surface area contributed by atoms with Gasteiger partial charge < -0.3 is 19.7 Å². The first-order valence-electron chi connectivity index (χ1n) is 10.7. The summed E-state index contributed by atoms with van der Waals surface area (Å²) < 4.78 is 13.7. The Bertz CT molecular complexity index is 792. The van der Waals surface area contributed by atoms with Crippen LogP contribution in [0.4, 0.5) is 0 Å². The first-order valence-corrected chi connectivity index (χ1v) is 10.7. The second-order valence-corrected chi connectivity index (χ2v) is 7.52. The zero-order valence-electron chi connectivity index (χ0n) is 17.6. The Hall–Kier alpha value is -1.65. The van der Waals surface area contributed by atoms with Crippen molar-refractivity contribution in [3.8, 4) is 5.69 Å². The van der Waals surface area contributed by atoms with Crippen LogP contribution in [0.3, 0.4) is 0 Å². The average molecular weight is 525 g/mol. The minimum Gasteiger partial charge on any atom is -0.375 e. The van der Waals surface area contributed by atoms with Gasteiger partial charge in [-0.1, -0.05) is 18.2 Å². The number of benzene rings is 1. The van der Waals surface area contributed by atoms with Crippen molar-refractivity contribution in [3.05, 3.63) is 48.3 Å². The average Bonchev–Trinajstić information content (AvgIpc) is 3.46. The second-order valence-electron chi connectivity index (χ2n) is 7.52. The third-order valence-corrected chi connectivity index (χ3v) is 5.43. The van der Waals surface area contributed by atoms with Gasteiger partial charge in [0.2, 0.25) is 0 Å². The van der Waals surface area contributed by atoms with Gasteiger partial charge in [0, 0.05) is 39.0 Å². The maximum Gasteiger partial charge on any atom is 0.194 e. The van der Waals surface area contributed by atoms with Gasteiger partial charge in [-0.05, 0) is 43.9 Å². The quantitative estimate of drug-likeness (QED) is 0.357. The summed E-state index contributed by atoms with van der Waals surface area (Å²) >= 11 is 0.